The summed E-state index contributed by atoms with van der Waals surface area (Å²) < 4.78 is 0. The van der Waals surface area contributed by atoms with E-state index in [2.05, 4.69) is 39.5 Å². The second kappa shape index (κ2) is 4.15. The lowest BCUT2D eigenvalue weighted by atomic mass is 9.85. The summed E-state index contributed by atoms with van der Waals surface area (Å²) in [5, 5.41) is 8.19. The summed E-state index contributed by atoms with van der Waals surface area (Å²) in [7, 11) is 0. The Balaban J connectivity index is 2.62. The normalized spacial score (nSPS) is 22.3. The van der Waals surface area contributed by atoms with Gasteiger partial charge in [0.25, 0.3) is 0 Å². The Hall–Kier alpha value is -0.530. The molecule has 0 aromatic carbocycles. The molecule has 0 bridgehead atoms. The summed E-state index contributed by atoms with van der Waals surface area (Å²) in [6.45, 7) is 13.2. The molecule has 0 radical (unpaired) electrons. The Morgan fingerprint density at radius 2 is 1.73 bits per heavy atom. The van der Waals surface area contributed by atoms with Gasteiger partial charge in [0.2, 0.25) is 0 Å². The first-order valence-corrected chi connectivity index (χ1v) is 6.06. The van der Waals surface area contributed by atoms with Gasteiger partial charge in [0, 0.05) is 18.5 Å². The maximum absolute atomic E-state index is 8.19. The number of nitrogens with zero attached hydrogens (tertiary/aromatic N) is 1. The first kappa shape index (κ1) is 12.5. The molecule has 1 rings (SSSR count). The van der Waals surface area contributed by atoms with Crippen LogP contribution < -0.4 is 0 Å². The quantitative estimate of drug-likeness (QED) is 0.480. The highest BCUT2D eigenvalue weighted by atomic mass is 15.2. The first-order valence-electron chi connectivity index (χ1n) is 6.06. The second-order valence-electron chi connectivity index (χ2n) is 6.60. The van der Waals surface area contributed by atoms with Gasteiger partial charge in [-0.15, -0.1) is 0 Å². The number of likely N-dealkylation sites (tertiary alicyclic amines) is 1. The van der Waals surface area contributed by atoms with Gasteiger partial charge in [-0.2, -0.15) is 0 Å². The summed E-state index contributed by atoms with van der Waals surface area (Å²) >= 11 is 0. The number of hydrogen-bond acceptors (Lipinski definition) is 1. The maximum atomic E-state index is 8.19. The zero-order chi connectivity index (χ0) is 11.7. The average Bonchev–Trinajstić information content (AvgIpc) is 2.23. The van der Waals surface area contributed by atoms with Crippen LogP contribution in [0, 0.1) is 16.2 Å². The molecule has 0 aromatic rings. The lowest BCUT2D eigenvalue weighted by molar-refractivity contribution is 0.307. The van der Waals surface area contributed by atoms with Crippen molar-refractivity contribution < 1.29 is 0 Å². The lowest BCUT2D eigenvalue weighted by Crippen LogP contribution is -2.39. The van der Waals surface area contributed by atoms with Crippen LogP contribution in [0.3, 0.4) is 0 Å². The van der Waals surface area contributed by atoms with Crippen molar-refractivity contribution in [3.8, 4) is 0 Å². The van der Waals surface area contributed by atoms with E-state index < -0.39 is 0 Å². The minimum Gasteiger partial charge on any atom is -0.360 e. The minimum atomic E-state index is -0.00547. The molecule has 1 aliphatic rings. The Bertz CT molecular complexity index is 235. The number of nitrogens with one attached hydrogen (secondary N) is 1. The molecule has 1 fully saturated rings. The predicted octanol–water partition coefficient (Wildman–Crippen LogP) is 3.52. The summed E-state index contributed by atoms with van der Waals surface area (Å²) in [5.41, 5.74) is 0.460. The van der Waals surface area contributed by atoms with E-state index >= 15 is 0 Å². The number of amidine groups is 1. The van der Waals surface area contributed by atoms with E-state index in [0.29, 0.717) is 5.41 Å². The van der Waals surface area contributed by atoms with Crippen molar-refractivity contribution >= 4 is 5.84 Å². The maximum Gasteiger partial charge on any atom is 0.101 e. The van der Waals surface area contributed by atoms with Crippen molar-refractivity contribution in [3.05, 3.63) is 0 Å². The molecular weight excluding hydrogens is 184 g/mol. The van der Waals surface area contributed by atoms with Gasteiger partial charge in [-0.3, -0.25) is 5.41 Å². The Morgan fingerprint density at radius 3 is 2.27 bits per heavy atom. The van der Waals surface area contributed by atoms with E-state index in [9.17, 15) is 0 Å². The van der Waals surface area contributed by atoms with Crippen LogP contribution in [-0.2, 0) is 0 Å². The first-order chi connectivity index (χ1) is 6.72. The van der Waals surface area contributed by atoms with Crippen LogP contribution >= 0.6 is 0 Å². The third-order valence-corrected chi connectivity index (χ3v) is 3.37. The zero-order valence-corrected chi connectivity index (χ0v) is 11.0. The molecule has 0 saturated carbocycles. The largest absolute Gasteiger partial charge is 0.360 e. The third-order valence-electron chi connectivity index (χ3n) is 3.37. The van der Waals surface area contributed by atoms with Crippen molar-refractivity contribution in [2.75, 3.05) is 13.1 Å². The molecule has 1 N–H and O–H groups in total. The van der Waals surface area contributed by atoms with Gasteiger partial charge in [-0.1, -0.05) is 34.6 Å². The molecule has 0 aliphatic carbocycles. The van der Waals surface area contributed by atoms with Crippen LogP contribution in [0.4, 0.5) is 0 Å². The summed E-state index contributed by atoms with van der Waals surface area (Å²) in [5.74, 6) is 0.806. The van der Waals surface area contributed by atoms with Crippen LogP contribution in [0.25, 0.3) is 0 Å². The van der Waals surface area contributed by atoms with Crippen molar-refractivity contribution in [2.45, 2.75) is 53.9 Å². The molecule has 0 spiro atoms. The summed E-state index contributed by atoms with van der Waals surface area (Å²) in [4.78, 5) is 2.27. The van der Waals surface area contributed by atoms with E-state index in [0.717, 1.165) is 18.9 Å². The van der Waals surface area contributed by atoms with Gasteiger partial charge in [-0.05, 0) is 24.7 Å². The van der Waals surface area contributed by atoms with Gasteiger partial charge < -0.3 is 4.90 Å². The summed E-state index contributed by atoms with van der Waals surface area (Å²) in [6, 6.07) is 0. The molecule has 2 heteroatoms. The lowest BCUT2D eigenvalue weighted by Gasteiger charge is -2.32. The monoisotopic (exact) mass is 210 g/mol. The molecule has 88 valence electrons. The fourth-order valence-corrected chi connectivity index (χ4v) is 2.12. The highest BCUT2D eigenvalue weighted by Crippen LogP contribution is 2.31. The second-order valence-corrected chi connectivity index (χ2v) is 6.60. The number of hydrogen-bond donors (Lipinski definition) is 1. The van der Waals surface area contributed by atoms with Crippen LogP contribution in [0.5, 0.6) is 0 Å². The zero-order valence-electron chi connectivity index (χ0n) is 11.0. The molecule has 1 aliphatic heterocycles. The molecule has 0 amide bonds. The van der Waals surface area contributed by atoms with Crippen LogP contribution in [0.15, 0.2) is 0 Å². The van der Waals surface area contributed by atoms with Crippen LogP contribution in [0.1, 0.15) is 53.9 Å². The Kier molecular flexibility index (Phi) is 3.47. The smallest absolute Gasteiger partial charge is 0.101 e. The molecule has 2 nitrogen and oxygen atoms in total. The van der Waals surface area contributed by atoms with E-state index in [1.807, 2.05) is 0 Å². The van der Waals surface area contributed by atoms with Gasteiger partial charge in [0.15, 0.2) is 0 Å². The number of rotatable bonds is 0. The third kappa shape index (κ3) is 3.51. The topological polar surface area (TPSA) is 27.1 Å². The van der Waals surface area contributed by atoms with E-state index in [1.165, 1.54) is 19.3 Å². The highest BCUT2D eigenvalue weighted by Gasteiger charge is 2.28. The average molecular weight is 210 g/mol. The SMILES string of the molecule is CC1(C)CCCN(C(=N)C(C)(C)C)CC1. The van der Waals surface area contributed by atoms with Gasteiger partial charge in [-0.25, -0.2) is 0 Å². The standard InChI is InChI=1S/C13H26N2/c1-12(2,3)11(14)15-9-6-7-13(4,5)8-10-15/h14H,6-10H2,1-5H3. The van der Waals surface area contributed by atoms with Gasteiger partial charge in [0.1, 0.15) is 5.84 Å². The molecule has 0 atom stereocenters. The van der Waals surface area contributed by atoms with Gasteiger partial charge >= 0.3 is 0 Å². The van der Waals surface area contributed by atoms with Crippen molar-refractivity contribution in [2.24, 2.45) is 10.8 Å². The Labute approximate surface area is 94.6 Å². The molecule has 0 unspecified atom stereocenters. The van der Waals surface area contributed by atoms with Gasteiger partial charge in [0.05, 0.1) is 0 Å². The highest BCUT2D eigenvalue weighted by molar-refractivity contribution is 5.84. The molecule has 1 saturated heterocycles. The summed E-state index contributed by atoms with van der Waals surface area (Å²) in [6.07, 6.45) is 3.73. The fraction of sp³-hybridized carbons (Fsp3) is 0.923. The Morgan fingerprint density at radius 1 is 1.13 bits per heavy atom. The fourth-order valence-electron chi connectivity index (χ4n) is 2.12. The van der Waals surface area contributed by atoms with Crippen molar-refractivity contribution in [3.63, 3.8) is 0 Å². The van der Waals surface area contributed by atoms with E-state index in [-0.39, 0.29) is 5.41 Å². The molecule has 0 aromatic heterocycles. The van der Waals surface area contributed by atoms with E-state index in [4.69, 9.17) is 5.41 Å². The molecule has 1 heterocycles. The predicted molar refractivity (Wildman–Crippen MR) is 66.4 cm³/mol. The van der Waals surface area contributed by atoms with Crippen molar-refractivity contribution in [1.82, 2.24) is 4.90 Å². The minimum absolute atomic E-state index is 0.00547. The van der Waals surface area contributed by atoms with E-state index in [1.54, 1.807) is 0 Å². The van der Waals surface area contributed by atoms with Crippen LogP contribution in [0.2, 0.25) is 0 Å². The van der Waals surface area contributed by atoms with Crippen molar-refractivity contribution in [1.29, 1.82) is 5.41 Å². The van der Waals surface area contributed by atoms with Crippen LogP contribution in [-0.4, -0.2) is 23.8 Å². The molecule has 15 heavy (non-hydrogen) atoms. The molecular formula is C13H26N2.